The third-order valence-corrected chi connectivity index (χ3v) is 2.30. The van der Waals surface area contributed by atoms with E-state index in [-0.39, 0.29) is 6.42 Å². The number of rotatable bonds is 6. The molecule has 0 aromatic carbocycles. The molecule has 0 bridgehead atoms. The molecule has 0 amide bonds. The van der Waals surface area contributed by atoms with E-state index in [1.165, 1.54) is 0 Å². The molecule has 0 aliphatic carbocycles. The molecule has 8 heteroatoms. The molecular weight excluding hydrogens is 238 g/mol. The topological polar surface area (TPSA) is 107 Å². The number of carboxylic acids is 1. The van der Waals surface area contributed by atoms with Crippen molar-refractivity contribution < 1.29 is 14.4 Å². The monoisotopic (exact) mass is 251 g/mol. The van der Waals surface area contributed by atoms with Gasteiger partial charge in [0.2, 0.25) is 5.89 Å². The van der Waals surface area contributed by atoms with Crippen LogP contribution in [0.15, 0.2) is 10.7 Å². The van der Waals surface area contributed by atoms with Crippen molar-refractivity contribution >= 4 is 5.97 Å². The van der Waals surface area contributed by atoms with Gasteiger partial charge in [0.25, 0.3) is 0 Å². The van der Waals surface area contributed by atoms with Crippen LogP contribution in [0.4, 0.5) is 0 Å². The van der Waals surface area contributed by atoms with Gasteiger partial charge < -0.3 is 9.63 Å². The van der Waals surface area contributed by atoms with E-state index in [2.05, 4.69) is 20.5 Å². The molecule has 2 aromatic heterocycles. The fraction of sp³-hybridized carbons (Fsp3) is 0.500. The van der Waals surface area contributed by atoms with E-state index in [0.29, 0.717) is 36.8 Å². The van der Waals surface area contributed by atoms with Crippen LogP contribution < -0.4 is 0 Å². The summed E-state index contributed by atoms with van der Waals surface area (Å²) in [4.78, 5) is 14.6. The molecular formula is C10H13N5O3. The van der Waals surface area contributed by atoms with E-state index in [1.807, 2.05) is 6.92 Å². The average Bonchev–Trinajstić information content (AvgIpc) is 2.96. The number of hydrogen-bond donors (Lipinski definition) is 1. The highest BCUT2D eigenvalue weighted by atomic mass is 16.5. The number of carbonyl (C=O) groups is 1. The predicted octanol–water partition coefficient (Wildman–Crippen LogP) is 0.289. The largest absolute Gasteiger partial charge is 0.481 e. The summed E-state index contributed by atoms with van der Waals surface area (Å²) < 4.78 is 6.53. The van der Waals surface area contributed by atoms with Crippen LogP contribution >= 0.6 is 0 Å². The van der Waals surface area contributed by atoms with Crippen molar-refractivity contribution in [3.05, 3.63) is 23.6 Å². The number of aromatic nitrogens is 5. The summed E-state index contributed by atoms with van der Waals surface area (Å²) in [5.41, 5.74) is 0.636. The summed E-state index contributed by atoms with van der Waals surface area (Å²) >= 11 is 0. The molecule has 2 rings (SSSR count). The molecule has 0 fully saturated rings. The molecule has 0 saturated heterocycles. The summed E-state index contributed by atoms with van der Waals surface area (Å²) in [6.07, 6.45) is 2.78. The van der Waals surface area contributed by atoms with Crippen molar-refractivity contribution in [3.8, 4) is 0 Å². The first kappa shape index (κ1) is 12.2. The fourth-order valence-corrected chi connectivity index (χ4v) is 1.41. The number of nitrogens with zero attached hydrogens (tertiary/aromatic N) is 5. The lowest BCUT2D eigenvalue weighted by Crippen LogP contribution is -2.02. The van der Waals surface area contributed by atoms with Gasteiger partial charge in [-0.05, 0) is 0 Å². The zero-order valence-corrected chi connectivity index (χ0v) is 9.91. The summed E-state index contributed by atoms with van der Waals surface area (Å²) in [6.45, 7) is 2.29. The van der Waals surface area contributed by atoms with E-state index >= 15 is 0 Å². The lowest BCUT2D eigenvalue weighted by Gasteiger charge is -1.92. The zero-order chi connectivity index (χ0) is 13.0. The van der Waals surface area contributed by atoms with Gasteiger partial charge >= 0.3 is 5.97 Å². The summed E-state index contributed by atoms with van der Waals surface area (Å²) in [5, 5.41) is 20.1. The normalized spacial score (nSPS) is 10.7. The molecule has 0 unspecified atom stereocenters. The Morgan fingerprint density at radius 1 is 1.56 bits per heavy atom. The van der Waals surface area contributed by atoms with Crippen molar-refractivity contribution in [2.24, 2.45) is 0 Å². The number of aryl methyl sites for hydroxylation is 2. The Hall–Kier alpha value is -2.25. The van der Waals surface area contributed by atoms with E-state index in [9.17, 15) is 4.79 Å². The molecule has 1 N–H and O–H groups in total. The SMILES string of the molecule is CCc1nc(Cn2cc(CCC(=O)O)nn2)no1. The Balaban J connectivity index is 1.95. The van der Waals surface area contributed by atoms with Gasteiger partial charge in [-0.25, -0.2) is 4.68 Å². The second-order valence-electron chi connectivity index (χ2n) is 3.76. The maximum absolute atomic E-state index is 10.4. The molecule has 0 atom stereocenters. The number of hydrogen-bond acceptors (Lipinski definition) is 6. The van der Waals surface area contributed by atoms with Gasteiger partial charge in [0, 0.05) is 19.0 Å². The van der Waals surface area contributed by atoms with Crippen LogP contribution in [0.2, 0.25) is 0 Å². The van der Waals surface area contributed by atoms with Gasteiger partial charge in [-0.3, -0.25) is 4.79 Å². The molecule has 0 aliphatic heterocycles. The molecule has 0 spiro atoms. The fourth-order valence-electron chi connectivity index (χ4n) is 1.41. The van der Waals surface area contributed by atoms with Crippen LogP contribution in [0.25, 0.3) is 0 Å². The zero-order valence-electron chi connectivity index (χ0n) is 9.91. The second kappa shape index (κ2) is 5.39. The van der Waals surface area contributed by atoms with E-state index < -0.39 is 5.97 Å². The van der Waals surface area contributed by atoms with Crippen molar-refractivity contribution in [2.45, 2.75) is 32.7 Å². The number of carboxylic acid groups (broad SMARTS) is 1. The van der Waals surface area contributed by atoms with Gasteiger partial charge in [0.15, 0.2) is 5.82 Å². The first-order valence-electron chi connectivity index (χ1n) is 5.59. The minimum Gasteiger partial charge on any atom is -0.481 e. The Morgan fingerprint density at radius 3 is 3.06 bits per heavy atom. The third kappa shape index (κ3) is 3.12. The first-order chi connectivity index (χ1) is 8.67. The molecule has 0 saturated carbocycles. The third-order valence-electron chi connectivity index (χ3n) is 2.30. The van der Waals surface area contributed by atoms with Gasteiger partial charge in [0.1, 0.15) is 6.54 Å². The molecule has 0 radical (unpaired) electrons. The smallest absolute Gasteiger partial charge is 0.303 e. The molecule has 8 nitrogen and oxygen atoms in total. The molecule has 18 heavy (non-hydrogen) atoms. The maximum atomic E-state index is 10.4. The van der Waals surface area contributed by atoms with Crippen molar-refractivity contribution in [2.75, 3.05) is 0 Å². The minimum atomic E-state index is -0.852. The lowest BCUT2D eigenvalue weighted by molar-refractivity contribution is -0.136. The van der Waals surface area contributed by atoms with Crippen molar-refractivity contribution in [1.29, 1.82) is 0 Å². The Kier molecular flexibility index (Phi) is 3.66. The first-order valence-corrected chi connectivity index (χ1v) is 5.59. The van der Waals surface area contributed by atoms with E-state index in [0.717, 1.165) is 0 Å². The van der Waals surface area contributed by atoms with Crippen LogP contribution in [-0.4, -0.2) is 36.2 Å². The van der Waals surface area contributed by atoms with Crippen molar-refractivity contribution in [3.63, 3.8) is 0 Å². The lowest BCUT2D eigenvalue weighted by atomic mass is 10.2. The second-order valence-corrected chi connectivity index (χ2v) is 3.76. The van der Waals surface area contributed by atoms with E-state index in [1.54, 1.807) is 10.9 Å². The Morgan fingerprint density at radius 2 is 2.39 bits per heavy atom. The summed E-state index contributed by atoms with van der Waals surface area (Å²) in [6, 6.07) is 0. The highest BCUT2D eigenvalue weighted by Gasteiger charge is 2.08. The summed E-state index contributed by atoms with van der Waals surface area (Å²) in [7, 11) is 0. The van der Waals surface area contributed by atoms with Gasteiger partial charge in [0.05, 0.1) is 12.1 Å². The highest BCUT2D eigenvalue weighted by Crippen LogP contribution is 2.02. The molecule has 2 heterocycles. The Bertz CT molecular complexity index is 533. The minimum absolute atomic E-state index is 0.0425. The highest BCUT2D eigenvalue weighted by molar-refractivity contribution is 5.66. The molecule has 96 valence electrons. The van der Waals surface area contributed by atoms with E-state index in [4.69, 9.17) is 9.63 Å². The van der Waals surface area contributed by atoms with Crippen LogP contribution in [0, 0.1) is 0 Å². The molecule has 2 aromatic rings. The maximum Gasteiger partial charge on any atom is 0.303 e. The average molecular weight is 251 g/mol. The quantitative estimate of drug-likeness (QED) is 0.786. The molecule has 0 aliphatic rings. The Labute approximate surface area is 103 Å². The van der Waals surface area contributed by atoms with Gasteiger partial charge in [-0.1, -0.05) is 17.3 Å². The van der Waals surface area contributed by atoms with Crippen molar-refractivity contribution in [1.82, 2.24) is 25.1 Å². The van der Waals surface area contributed by atoms with Crippen LogP contribution in [0.1, 0.15) is 30.8 Å². The van der Waals surface area contributed by atoms with Crippen LogP contribution in [0.5, 0.6) is 0 Å². The standard InChI is InChI=1S/C10H13N5O3/c1-2-9-11-8(13-18-9)6-15-5-7(12-14-15)3-4-10(16)17/h5H,2-4,6H2,1H3,(H,16,17). The number of aliphatic carboxylic acids is 1. The van der Waals surface area contributed by atoms with Crippen LogP contribution in [-0.2, 0) is 24.2 Å². The summed E-state index contributed by atoms with van der Waals surface area (Å²) in [5.74, 6) is 0.257. The predicted molar refractivity (Wildman–Crippen MR) is 58.8 cm³/mol. The van der Waals surface area contributed by atoms with Gasteiger partial charge in [-0.15, -0.1) is 5.10 Å². The van der Waals surface area contributed by atoms with Crippen LogP contribution in [0.3, 0.4) is 0 Å². The van der Waals surface area contributed by atoms with Gasteiger partial charge in [-0.2, -0.15) is 4.98 Å².